The van der Waals surface area contributed by atoms with Crippen LogP contribution in [0.5, 0.6) is 0 Å². The summed E-state index contributed by atoms with van der Waals surface area (Å²) in [4.78, 5) is 24.9. The number of anilines is 1. The van der Waals surface area contributed by atoms with Crippen LogP contribution in [0.1, 0.15) is 27.2 Å². The summed E-state index contributed by atoms with van der Waals surface area (Å²) in [6.45, 7) is 6.22. The predicted molar refractivity (Wildman–Crippen MR) is 106 cm³/mol. The molecule has 0 aliphatic heterocycles. The summed E-state index contributed by atoms with van der Waals surface area (Å²) in [5.74, 6) is -0.613. The van der Waals surface area contributed by atoms with Crippen LogP contribution in [-0.2, 0) is 14.3 Å². The van der Waals surface area contributed by atoms with E-state index in [-0.39, 0.29) is 24.5 Å². The Morgan fingerprint density at radius 2 is 1.89 bits per heavy atom. The second-order valence-electron chi connectivity index (χ2n) is 7.60. The number of amides is 2. The molecule has 0 heterocycles. The number of hydrogen-bond acceptors (Lipinski definition) is 4. The van der Waals surface area contributed by atoms with Crippen molar-refractivity contribution < 1.29 is 14.3 Å². The minimum Gasteiger partial charge on any atom is -0.378 e. The van der Waals surface area contributed by atoms with Crippen LogP contribution in [0.2, 0.25) is 0 Å². The van der Waals surface area contributed by atoms with Gasteiger partial charge in [0.15, 0.2) is 0 Å². The van der Waals surface area contributed by atoms with Crippen molar-refractivity contribution in [3.05, 3.63) is 42.5 Å². The van der Waals surface area contributed by atoms with E-state index in [1.54, 1.807) is 0 Å². The molecule has 0 radical (unpaired) electrons. The van der Waals surface area contributed by atoms with Crippen LogP contribution in [0.15, 0.2) is 42.5 Å². The summed E-state index contributed by atoms with van der Waals surface area (Å²) >= 11 is 0. The standard InChI is InChI=1S/C21H27N3O3/c1-4-27-17-12-21(22,20(17,2)3)19(26)23-13-18(25)24-16-11-7-9-14-8-5-6-10-15(14)16/h5-11,17H,4,12-13,22H2,1-3H3,(H,23,26)(H,24,25). The number of fused-ring (bicyclic) bond motifs is 1. The molecule has 1 fully saturated rings. The lowest BCUT2D eigenvalue weighted by molar-refractivity contribution is -0.170. The van der Waals surface area contributed by atoms with E-state index in [0.717, 1.165) is 16.5 Å². The fourth-order valence-electron chi connectivity index (χ4n) is 3.67. The van der Waals surface area contributed by atoms with Gasteiger partial charge in [-0.15, -0.1) is 0 Å². The highest BCUT2D eigenvalue weighted by molar-refractivity contribution is 6.03. The monoisotopic (exact) mass is 369 g/mol. The third-order valence-corrected chi connectivity index (χ3v) is 5.71. The van der Waals surface area contributed by atoms with Crippen LogP contribution >= 0.6 is 0 Å². The average Bonchev–Trinajstić information content (AvgIpc) is 2.66. The molecule has 2 aromatic carbocycles. The minimum absolute atomic E-state index is 0.0530. The van der Waals surface area contributed by atoms with Gasteiger partial charge in [-0.05, 0) is 18.4 Å². The van der Waals surface area contributed by atoms with Crippen molar-refractivity contribution in [2.45, 2.75) is 38.8 Å². The zero-order chi connectivity index (χ0) is 19.7. The Hall–Kier alpha value is -2.44. The largest absolute Gasteiger partial charge is 0.378 e. The van der Waals surface area contributed by atoms with Crippen LogP contribution < -0.4 is 16.4 Å². The maximum atomic E-state index is 12.6. The lowest BCUT2D eigenvalue weighted by atomic mass is 9.54. The Balaban J connectivity index is 1.60. The highest BCUT2D eigenvalue weighted by Crippen LogP contribution is 2.49. The van der Waals surface area contributed by atoms with Crippen molar-refractivity contribution in [3.8, 4) is 0 Å². The zero-order valence-electron chi connectivity index (χ0n) is 16.0. The van der Waals surface area contributed by atoms with Crippen molar-refractivity contribution in [1.29, 1.82) is 0 Å². The molecular formula is C21H27N3O3. The molecule has 0 bridgehead atoms. The first kappa shape index (κ1) is 19.3. The minimum atomic E-state index is -1.04. The molecule has 2 unspecified atom stereocenters. The van der Waals surface area contributed by atoms with Gasteiger partial charge in [0.05, 0.1) is 12.6 Å². The third kappa shape index (κ3) is 3.42. The van der Waals surface area contributed by atoms with Crippen molar-refractivity contribution in [1.82, 2.24) is 5.32 Å². The highest BCUT2D eigenvalue weighted by atomic mass is 16.5. The SMILES string of the molecule is CCOC1CC(N)(C(=O)NCC(=O)Nc2cccc3ccccc23)C1(C)C. The molecule has 27 heavy (non-hydrogen) atoms. The van der Waals surface area contributed by atoms with Crippen molar-refractivity contribution in [2.24, 2.45) is 11.1 Å². The van der Waals surface area contributed by atoms with Gasteiger partial charge in [0.25, 0.3) is 0 Å². The van der Waals surface area contributed by atoms with Crippen molar-refractivity contribution in [3.63, 3.8) is 0 Å². The fraction of sp³-hybridized carbons (Fsp3) is 0.429. The highest BCUT2D eigenvalue weighted by Gasteiger charge is 2.62. The van der Waals surface area contributed by atoms with Gasteiger partial charge in [-0.1, -0.05) is 50.2 Å². The zero-order valence-corrected chi connectivity index (χ0v) is 16.0. The molecule has 6 nitrogen and oxygen atoms in total. The van der Waals surface area contributed by atoms with E-state index in [9.17, 15) is 9.59 Å². The molecule has 0 saturated heterocycles. The maximum Gasteiger partial charge on any atom is 0.243 e. The van der Waals surface area contributed by atoms with Crippen LogP contribution in [0, 0.1) is 5.41 Å². The number of carbonyl (C=O) groups excluding carboxylic acids is 2. The Bertz CT molecular complexity index is 859. The van der Waals surface area contributed by atoms with Gasteiger partial charge in [0, 0.05) is 29.5 Å². The number of benzene rings is 2. The number of carbonyl (C=O) groups is 2. The topological polar surface area (TPSA) is 93.4 Å². The molecule has 4 N–H and O–H groups in total. The van der Waals surface area contributed by atoms with Gasteiger partial charge in [0.1, 0.15) is 5.54 Å². The Morgan fingerprint density at radius 3 is 2.59 bits per heavy atom. The number of nitrogens with one attached hydrogen (secondary N) is 2. The lowest BCUT2D eigenvalue weighted by Crippen LogP contribution is -2.76. The first-order valence-corrected chi connectivity index (χ1v) is 9.26. The first-order chi connectivity index (χ1) is 12.8. The van der Waals surface area contributed by atoms with E-state index >= 15 is 0 Å². The van der Waals surface area contributed by atoms with Gasteiger partial charge in [-0.25, -0.2) is 0 Å². The quantitative estimate of drug-likeness (QED) is 0.729. The summed E-state index contributed by atoms with van der Waals surface area (Å²) in [6.07, 6.45) is 0.396. The van der Waals surface area contributed by atoms with Gasteiger partial charge >= 0.3 is 0 Å². The van der Waals surface area contributed by atoms with Crippen LogP contribution in [-0.4, -0.2) is 36.6 Å². The fourth-order valence-corrected chi connectivity index (χ4v) is 3.67. The number of hydrogen-bond donors (Lipinski definition) is 3. The maximum absolute atomic E-state index is 12.6. The van der Waals surface area contributed by atoms with Crippen LogP contribution in [0.4, 0.5) is 5.69 Å². The summed E-state index contributed by atoms with van der Waals surface area (Å²) in [5, 5.41) is 7.53. The van der Waals surface area contributed by atoms with Crippen molar-refractivity contribution >= 4 is 28.3 Å². The smallest absolute Gasteiger partial charge is 0.243 e. The Kier molecular flexibility index (Phi) is 5.22. The first-order valence-electron chi connectivity index (χ1n) is 9.26. The molecule has 2 amide bonds. The Morgan fingerprint density at radius 1 is 1.19 bits per heavy atom. The molecule has 0 aromatic heterocycles. The van der Waals surface area contributed by atoms with Crippen molar-refractivity contribution in [2.75, 3.05) is 18.5 Å². The van der Waals surface area contributed by atoms with E-state index in [1.807, 2.05) is 63.2 Å². The third-order valence-electron chi connectivity index (χ3n) is 5.71. The normalized spacial score (nSPS) is 23.5. The van der Waals surface area contributed by atoms with Crippen LogP contribution in [0.25, 0.3) is 10.8 Å². The Labute approximate surface area is 159 Å². The predicted octanol–water partition coefficient (Wildman–Crippen LogP) is 2.43. The molecule has 2 atom stereocenters. The molecule has 3 rings (SSSR count). The average molecular weight is 369 g/mol. The van der Waals surface area contributed by atoms with E-state index in [2.05, 4.69) is 10.6 Å². The van der Waals surface area contributed by atoms with Gasteiger partial charge in [-0.3, -0.25) is 9.59 Å². The molecule has 1 saturated carbocycles. The van der Waals surface area contributed by atoms with E-state index in [4.69, 9.17) is 10.5 Å². The van der Waals surface area contributed by atoms with Gasteiger partial charge in [0.2, 0.25) is 11.8 Å². The van der Waals surface area contributed by atoms with E-state index in [0.29, 0.717) is 13.0 Å². The molecule has 6 heteroatoms. The van der Waals surface area contributed by atoms with Gasteiger partial charge in [-0.2, -0.15) is 0 Å². The van der Waals surface area contributed by atoms with E-state index < -0.39 is 11.0 Å². The lowest BCUT2D eigenvalue weighted by Gasteiger charge is -2.57. The summed E-state index contributed by atoms with van der Waals surface area (Å²) in [5.41, 5.74) is 5.53. The molecule has 1 aliphatic rings. The van der Waals surface area contributed by atoms with E-state index in [1.165, 1.54) is 0 Å². The number of ether oxygens (including phenoxy) is 1. The molecule has 1 aliphatic carbocycles. The van der Waals surface area contributed by atoms with Gasteiger partial charge < -0.3 is 21.1 Å². The summed E-state index contributed by atoms with van der Waals surface area (Å²) in [6, 6.07) is 13.5. The second kappa shape index (κ2) is 7.29. The second-order valence-corrected chi connectivity index (χ2v) is 7.60. The molecule has 2 aromatic rings. The number of rotatable bonds is 6. The molecular weight excluding hydrogens is 342 g/mol. The summed E-state index contributed by atoms with van der Waals surface area (Å²) in [7, 11) is 0. The molecule has 144 valence electrons. The van der Waals surface area contributed by atoms with Crippen LogP contribution in [0.3, 0.4) is 0 Å². The summed E-state index contributed by atoms with van der Waals surface area (Å²) < 4.78 is 5.64. The molecule has 0 spiro atoms. The number of nitrogens with two attached hydrogens (primary N) is 1.